The molecule has 34 heavy (non-hydrogen) atoms. The lowest BCUT2D eigenvalue weighted by atomic mass is 10.1. The zero-order valence-electron chi connectivity index (χ0n) is 19.4. The second kappa shape index (κ2) is 10.9. The first-order chi connectivity index (χ1) is 16.5. The third-order valence-corrected chi connectivity index (χ3v) is 7.57. The summed E-state index contributed by atoms with van der Waals surface area (Å²) in [7, 11) is 3.18. The maximum absolute atomic E-state index is 12.9. The quantitative estimate of drug-likeness (QED) is 0.343. The summed E-state index contributed by atoms with van der Waals surface area (Å²) in [5.74, 6) is 1.08. The molecule has 1 aliphatic carbocycles. The van der Waals surface area contributed by atoms with Crippen molar-refractivity contribution in [2.75, 3.05) is 19.5 Å². The molecule has 176 valence electrons. The van der Waals surface area contributed by atoms with Crippen molar-refractivity contribution in [3.05, 3.63) is 46.5 Å². The average molecular weight is 495 g/mol. The Hall–Kier alpha value is -3.09. The van der Waals surface area contributed by atoms with Crippen LogP contribution in [0.15, 0.2) is 34.7 Å². The summed E-state index contributed by atoms with van der Waals surface area (Å²) in [5.41, 5.74) is 4.37. The number of aromatic nitrogens is 2. The number of benzene rings is 1. The molecule has 1 aliphatic rings. The highest BCUT2D eigenvalue weighted by atomic mass is 32.2. The van der Waals surface area contributed by atoms with Gasteiger partial charge in [-0.15, -0.1) is 11.3 Å². The van der Waals surface area contributed by atoms with Gasteiger partial charge in [0.1, 0.15) is 11.1 Å². The maximum atomic E-state index is 12.9. The van der Waals surface area contributed by atoms with Crippen LogP contribution in [-0.2, 0) is 17.6 Å². The third-order valence-electron chi connectivity index (χ3n) is 5.71. The van der Waals surface area contributed by atoms with Crippen LogP contribution in [0.1, 0.15) is 43.0 Å². The smallest absolute Gasteiger partial charge is 0.239 e. The number of ether oxygens (including phenoxy) is 2. The number of methoxy groups -OCH3 is 2. The largest absolute Gasteiger partial charge is 0.493 e. The predicted molar refractivity (Wildman–Crippen MR) is 135 cm³/mol. The van der Waals surface area contributed by atoms with Crippen molar-refractivity contribution in [2.45, 2.75) is 49.3 Å². The Labute approximate surface area is 207 Å². The standard InChI is InChI=1S/C25H26N4O3S2/c1-15(34-24-18(13-26)11-16-7-5-4-6-8-19(16)27-24)23(30)29-25-28-20(14-33-25)17-9-10-21(31-2)22(12-17)32-3/h9-12,14-15H,4-8H2,1-3H3,(H,28,29,30). The maximum Gasteiger partial charge on any atom is 0.239 e. The molecule has 1 N–H and O–H groups in total. The minimum Gasteiger partial charge on any atom is -0.493 e. The van der Waals surface area contributed by atoms with Crippen LogP contribution in [0.4, 0.5) is 5.13 Å². The molecule has 2 aromatic heterocycles. The van der Waals surface area contributed by atoms with E-state index in [1.807, 2.05) is 36.6 Å². The van der Waals surface area contributed by atoms with E-state index < -0.39 is 5.25 Å². The van der Waals surface area contributed by atoms with E-state index in [2.05, 4.69) is 16.4 Å². The first-order valence-corrected chi connectivity index (χ1v) is 12.9. The van der Waals surface area contributed by atoms with E-state index in [9.17, 15) is 10.1 Å². The molecule has 1 atom stereocenters. The van der Waals surface area contributed by atoms with Crippen LogP contribution in [0.2, 0.25) is 0 Å². The number of thiazole rings is 1. The molecule has 4 rings (SSSR count). The molecule has 2 heterocycles. The number of carbonyl (C=O) groups is 1. The predicted octanol–water partition coefficient (Wildman–Crippen LogP) is 5.48. The van der Waals surface area contributed by atoms with Crippen LogP contribution in [-0.4, -0.2) is 35.3 Å². The van der Waals surface area contributed by atoms with Crippen LogP contribution >= 0.6 is 23.1 Å². The van der Waals surface area contributed by atoms with Crippen molar-refractivity contribution in [1.29, 1.82) is 5.26 Å². The van der Waals surface area contributed by atoms with E-state index in [0.29, 0.717) is 27.2 Å². The van der Waals surface area contributed by atoms with Gasteiger partial charge in [-0.25, -0.2) is 9.97 Å². The van der Waals surface area contributed by atoms with Crippen molar-refractivity contribution in [2.24, 2.45) is 0 Å². The second-order valence-electron chi connectivity index (χ2n) is 7.98. The molecular weight excluding hydrogens is 468 g/mol. The van der Waals surface area contributed by atoms with Gasteiger partial charge in [-0.05, 0) is 62.4 Å². The number of carbonyl (C=O) groups excluding carboxylic acids is 1. The van der Waals surface area contributed by atoms with Crippen molar-refractivity contribution in [1.82, 2.24) is 9.97 Å². The number of nitrogens with one attached hydrogen (secondary N) is 1. The fraction of sp³-hybridized carbons (Fsp3) is 0.360. The van der Waals surface area contributed by atoms with Gasteiger partial charge in [0, 0.05) is 16.6 Å². The Morgan fingerprint density at radius 1 is 1.15 bits per heavy atom. The number of fused-ring (bicyclic) bond motifs is 1. The number of amides is 1. The number of anilines is 1. The van der Waals surface area contributed by atoms with Gasteiger partial charge in [-0.1, -0.05) is 18.2 Å². The zero-order valence-corrected chi connectivity index (χ0v) is 21.0. The van der Waals surface area contributed by atoms with Crippen LogP contribution < -0.4 is 14.8 Å². The van der Waals surface area contributed by atoms with E-state index >= 15 is 0 Å². The minimum absolute atomic E-state index is 0.182. The van der Waals surface area contributed by atoms with Crippen LogP contribution in [0, 0.1) is 11.3 Å². The third kappa shape index (κ3) is 5.34. The monoisotopic (exact) mass is 494 g/mol. The number of hydrogen-bond acceptors (Lipinski definition) is 8. The summed E-state index contributed by atoms with van der Waals surface area (Å²) in [6, 6.07) is 9.78. The van der Waals surface area contributed by atoms with Gasteiger partial charge in [0.15, 0.2) is 16.6 Å². The molecule has 0 saturated heterocycles. The Bertz CT molecular complexity index is 1240. The first kappa shape index (κ1) is 24.0. The van der Waals surface area contributed by atoms with Gasteiger partial charge < -0.3 is 14.8 Å². The fourth-order valence-electron chi connectivity index (χ4n) is 3.85. The van der Waals surface area contributed by atoms with Crippen LogP contribution in [0.5, 0.6) is 11.5 Å². The number of nitriles is 1. The van der Waals surface area contributed by atoms with E-state index in [1.165, 1.54) is 35.1 Å². The van der Waals surface area contributed by atoms with E-state index in [0.717, 1.165) is 42.6 Å². The van der Waals surface area contributed by atoms with Gasteiger partial charge in [0.25, 0.3) is 0 Å². The highest BCUT2D eigenvalue weighted by Crippen LogP contribution is 2.34. The summed E-state index contributed by atoms with van der Waals surface area (Å²) >= 11 is 2.67. The van der Waals surface area contributed by atoms with Gasteiger partial charge in [0.05, 0.1) is 30.7 Å². The van der Waals surface area contributed by atoms with Crippen LogP contribution in [0.25, 0.3) is 11.3 Å². The van der Waals surface area contributed by atoms with Crippen molar-refractivity contribution < 1.29 is 14.3 Å². The van der Waals surface area contributed by atoms with Crippen molar-refractivity contribution in [3.63, 3.8) is 0 Å². The molecule has 0 saturated carbocycles. The molecule has 0 aliphatic heterocycles. The first-order valence-electron chi connectivity index (χ1n) is 11.1. The summed E-state index contributed by atoms with van der Waals surface area (Å²) in [6.07, 6.45) is 5.30. The highest BCUT2D eigenvalue weighted by Gasteiger charge is 2.21. The van der Waals surface area contributed by atoms with Crippen LogP contribution in [0.3, 0.4) is 0 Å². The molecule has 0 bridgehead atoms. The fourth-order valence-corrected chi connectivity index (χ4v) is 5.47. The van der Waals surface area contributed by atoms with Gasteiger partial charge in [0.2, 0.25) is 5.91 Å². The van der Waals surface area contributed by atoms with E-state index in [-0.39, 0.29) is 5.91 Å². The number of aryl methyl sites for hydroxylation is 2. The second-order valence-corrected chi connectivity index (χ2v) is 10.2. The molecule has 0 spiro atoms. The molecule has 0 fully saturated rings. The average Bonchev–Trinajstić information content (AvgIpc) is 3.20. The molecular formula is C25H26N4O3S2. The molecule has 1 unspecified atom stereocenters. The highest BCUT2D eigenvalue weighted by molar-refractivity contribution is 8.00. The normalized spacial score (nSPS) is 13.8. The van der Waals surface area contributed by atoms with Crippen molar-refractivity contribution in [3.8, 4) is 28.8 Å². The lowest BCUT2D eigenvalue weighted by molar-refractivity contribution is -0.115. The molecule has 0 radical (unpaired) electrons. The zero-order chi connectivity index (χ0) is 24.1. The minimum atomic E-state index is -0.433. The SMILES string of the molecule is COc1ccc(-c2csc(NC(=O)C(C)Sc3nc4c(cc3C#N)CCCCC4)n2)cc1OC. The van der Waals surface area contributed by atoms with E-state index in [1.54, 1.807) is 14.2 Å². The number of hydrogen-bond donors (Lipinski definition) is 1. The Balaban J connectivity index is 1.46. The summed E-state index contributed by atoms with van der Waals surface area (Å²) in [6.45, 7) is 1.82. The Morgan fingerprint density at radius 2 is 1.94 bits per heavy atom. The number of nitrogens with zero attached hydrogens (tertiary/aromatic N) is 3. The molecule has 7 nitrogen and oxygen atoms in total. The van der Waals surface area contributed by atoms with Gasteiger partial charge >= 0.3 is 0 Å². The van der Waals surface area contributed by atoms with Gasteiger partial charge in [-0.3, -0.25) is 4.79 Å². The molecule has 3 aromatic rings. The molecule has 1 amide bonds. The molecule has 9 heteroatoms. The van der Waals surface area contributed by atoms with Gasteiger partial charge in [-0.2, -0.15) is 5.26 Å². The lowest BCUT2D eigenvalue weighted by Crippen LogP contribution is -2.22. The Kier molecular flexibility index (Phi) is 7.70. The van der Waals surface area contributed by atoms with Crippen molar-refractivity contribution >= 4 is 34.1 Å². The van der Waals surface area contributed by atoms with E-state index in [4.69, 9.17) is 14.5 Å². The summed E-state index contributed by atoms with van der Waals surface area (Å²) in [5, 5.41) is 15.1. The number of rotatable bonds is 7. The molecule has 1 aromatic carbocycles. The topological polar surface area (TPSA) is 97.1 Å². The number of thioether (sulfide) groups is 1. The summed E-state index contributed by atoms with van der Waals surface area (Å²) < 4.78 is 10.7. The summed E-state index contributed by atoms with van der Waals surface area (Å²) in [4.78, 5) is 22.2. The number of pyridine rings is 1. The lowest BCUT2D eigenvalue weighted by Gasteiger charge is -2.13. The Morgan fingerprint density at radius 3 is 2.71 bits per heavy atom.